The van der Waals surface area contributed by atoms with Crippen LogP contribution in [0.4, 0.5) is 26.4 Å². The highest BCUT2D eigenvalue weighted by Crippen LogP contribution is 2.31. The highest BCUT2D eigenvalue weighted by molar-refractivity contribution is 6.02. The molecule has 0 bridgehead atoms. The van der Waals surface area contributed by atoms with Crippen molar-refractivity contribution in [2.24, 2.45) is 5.73 Å². The SMILES string of the molecule is NCc1cc(NC(=O)Nc2ccc(-c3cccc4[nH]nc(N)c34)cc2)ccc1F. The predicted octanol–water partition coefficient (Wildman–Crippen LogP) is 4.05. The number of halogens is 1. The molecule has 3 aromatic carbocycles. The Kier molecular flexibility index (Phi) is 4.84. The maximum atomic E-state index is 13.5. The summed E-state index contributed by atoms with van der Waals surface area (Å²) in [5.41, 5.74) is 15.6. The van der Waals surface area contributed by atoms with Crippen LogP contribution in [0.15, 0.2) is 60.7 Å². The zero-order chi connectivity index (χ0) is 20.4. The van der Waals surface area contributed by atoms with E-state index in [1.54, 1.807) is 12.1 Å². The largest absolute Gasteiger partial charge is 0.382 e. The van der Waals surface area contributed by atoms with Crippen LogP contribution >= 0.6 is 0 Å². The number of nitrogens with zero attached hydrogens (tertiary/aromatic N) is 1. The van der Waals surface area contributed by atoms with E-state index in [4.69, 9.17) is 11.5 Å². The van der Waals surface area contributed by atoms with Crippen molar-refractivity contribution in [1.29, 1.82) is 0 Å². The molecule has 0 atom stereocenters. The first-order chi connectivity index (χ1) is 14.0. The van der Waals surface area contributed by atoms with Crippen LogP contribution in [-0.2, 0) is 6.54 Å². The zero-order valence-electron chi connectivity index (χ0n) is 15.4. The fourth-order valence-corrected chi connectivity index (χ4v) is 3.17. The summed E-state index contributed by atoms with van der Waals surface area (Å²) in [4.78, 5) is 12.2. The minimum atomic E-state index is -0.437. The van der Waals surface area contributed by atoms with Crippen molar-refractivity contribution in [3.8, 4) is 11.1 Å². The molecule has 4 rings (SSSR count). The summed E-state index contributed by atoms with van der Waals surface area (Å²) in [7, 11) is 0. The molecular formula is C21H19FN6O. The molecule has 7 N–H and O–H groups in total. The van der Waals surface area contributed by atoms with E-state index in [2.05, 4.69) is 20.8 Å². The summed E-state index contributed by atoms with van der Waals surface area (Å²) < 4.78 is 13.5. The molecule has 0 aliphatic rings. The van der Waals surface area contributed by atoms with Gasteiger partial charge in [-0.3, -0.25) is 5.10 Å². The average Bonchev–Trinajstić information content (AvgIpc) is 3.11. The Labute approximate surface area is 165 Å². The van der Waals surface area contributed by atoms with E-state index in [9.17, 15) is 9.18 Å². The van der Waals surface area contributed by atoms with E-state index in [-0.39, 0.29) is 6.54 Å². The number of nitrogens with one attached hydrogen (secondary N) is 3. The van der Waals surface area contributed by atoms with Crippen LogP contribution in [-0.4, -0.2) is 16.2 Å². The van der Waals surface area contributed by atoms with Crippen LogP contribution in [0.1, 0.15) is 5.56 Å². The smallest absolute Gasteiger partial charge is 0.323 e. The van der Waals surface area contributed by atoms with E-state index in [1.165, 1.54) is 18.2 Å². The van der Waals surface area contributed by atoms with Crippen LogP contribution in [0.25, 0.3) is 22.0 Å². The molecule has 2 amide bonds. The van der Waals surface area contributed by atoms with Gasteiger partial charge < -0.3 is 22.1 Å². The Morgan fingerprint density at radius 3 is 2.52 bits per heavy atom. The average molecular weight is 390 g/mol. The number of amides is 2. The van der Waals surface area contributed by atoms with Gasteiger partial charge in [0.1, 0.15) is 5.82 Å². The molecular weight excluding hydrogens is 371 g/mol. The molecule has 0 radical (unpaired) electrons. The van der Waals surface area contributed by atoms with E-state index in [0.29, 0.717) is 22.8 Å². The third-order valence-electron chi connectivity index (χ3n) is 4.59. The minimum absolute atomic E-state index is 0.0539. The molecule has 8 heteroatoms. The molecule has 0 saturated heterocycles. The van der Waals surface area contributed by atoms with Crippen LogP contribution in [0.2, 0.25) is 0 Å². The summed E-state index contributed by atoms with van der Waals surface area (Å²) in [6.45, 7) is 0.0539. The van der Waals surface area contributed by atoms with Crippen molar-refractivity contribution in [3.63, 3.8) is 0 Å². The van der Waals surface area contributed by atoms with E-state index >= 15 is 0 Å². The van der Waals surface area contributed by atoms with Gasteiger partial charge in [0.05, 0.1) is 10.9 Å². The number of aromatic nitrogens is 2. The number of aromatic amines is 1. The molecule has 4 aromatic rings. The van der Waals surface area contributed by atoms with E-state index in [0.717, 1.165) is 22.0 Å². The standard InChI is InChI=1S/C21H19FN6O/c22-17-9-8-15(10-13(17)11-23)26-21(29)25-14-6-4-12(5-7-14)16-2-1-3-18-19(16)20(24)28-27-18/h1-10H,11,23H2,(H3,24,27,28)(H2,25,26,29). The monoisotopic (exact) mass is 390 g/mol. The molecule has 1 heterocycles. The number of carbonyl (C=O) groups is 1. The Morgan fingerprint density at radius 2 is 1.76 bits per heavy atom. The van der Waals surface area contributed by atoms with E-state index in [1.807, 2.05) is 30.3 Å². The third-order valence-corrected chi connectivity index (χ3v) is 4.59. The predicted molar refractivity (Wildman–Crippen MR) is 113 cm³/mol. The number of hydrogen-bond acceptors (Lipinski definition) is 4. The molecule has 0 aliphatic carbocycles. The van der Waals surface area contributed by atoms with Gasteiger partial charge in [-0.15, -0.1) is 0 Å². The fraction of sp³-hybridized carbons (Fsp3) is 0.0476. The molecule has 146 valence electrons. The lowest BCUT2D eigenvalue weighted by molar-refractivity contribution is 0.262. The van der Waals surface area contributed by atoms with Crippen LogP contribution < -0.4 is 22.1 Å². The molecule has 0 saturated carbocycles. The Morgan fingerprint density at radius 1 is 1.03 bits per heavy atom. The molecule has 0 aliphatic heterocycles. The van der Waals surface area contributed by atoms with Gasteiger partial charge >= 0.3 is 6.03 Å². The van der Waals surface area contributed by atoms with Gasteiger partial charge in [0.15, 0.2) is 5.82 Å². The number of nitrogens with two attached hydrogens (primary N) is 2. The lowest BCUT2D eigenvalue weighted by atomic mass is 10.0. The first-order valence-electron chi connectivity index (χ1n) is 8.94. The highest BCUT2D eigenvalue weighted by Gasteiger charge is 2.10. The number of urea groups is 1. The first kappa shape index (κ1) is 18.5. The Balaban J connectivity index is 1.49. The number of hydrogen-bond donors (Lipinski definition) is 5. The second kappa shape index (κ2) is 7.61. The highest BCUT2D eigenvalue weighted by atomic mass is 19.1. The first-order valence-corrected chi connectivity index (χ1v) is 8.94. The summed E-state index contributed by atoms with van der Waals surface area (Å²) >= 11 is 0. The van der Waals surface area contributed by atoms with Crippen LogP contribution in [0, 0.1) is 5.82 Å². The van der Waals surface area contributed by atoms with Gasteiger partial charge in [0.25, 0.3) is 0 Å². The number of carbonyl (C=O) groups excluding carboxylic acids is 1. The molecule has 0 fully saturated rings. The molecule has 7 nitrogen and oxygen atoms in total. The topological polar surface area (TPSA) is 122 Å². The maximum Gasteiger partial charge on any atom is 0.323 e. The van der Waals surface area contributed by atoms with Crippen molar-refractivity contribution in [1.82, 2.24) is 10.2 Å². The second-order valence-electron chi connectivity index (χ2n) is 6.50. The minimum Gasteiger partial charge on any atom is -0.382 e. The van der Waals surface area contributed by atoms with Gasteiger partial charge in [-0.2, -0.15) is 5.10 Å². The van der Waals surface area contributed by atoms with E-state index < -0.39 is 11.8 Å². The number of anilines is 3. The van der Waals surface area contributed by atoms with Gasteiger partial charge in [0, 0.05) is 23.5 Å². The summed E-state index contributed by atoms with van der Waals surface area (Å²) in [5.74, 6) is 0.0376. The quantitative estimate of drug-likeness (QED) is 0.361. The Hall–Kier alpha value is -3.91. The third kappa shape index (κ3) is 3.74. The summed E-state index contributed by atoms with van der Waals surface area (Å²) in [6.07, 6.45) is 0. The van der Waals surface area contributed by atoms with Crippen molar-refractivity contribution >= 4 is 34.1 Å². The molecule has 1 aromatic heterocycles. The summed E-state index contributed by atoms with van der Waals surface area (Å²) in [6, 6.07) is 17.0. The molecule has 0 spiro atoms. The molecule has 29 heavy (non-hydrogen) atoms. The van der Waals surface area contributed by atoms with Crippen molar-refractivity contribution < 1.29 is 9.18 Å². The fourth-order valence-electron chi connectivity index (χ4n) is 3.17. The van der Waals surface area contributed by atoms with Crippen molar-refractivity contribution in [2.75, 3.05) is 16.4 Å². The van der Waals surface area contributed by atoms with Gasteiger partial charge in [-0.1, -0.05) is 24.3 Å². The zero-order valence-corrected chi connectivity index (χ0v) is 15.4. The van der Waals surface area contributed by atoms with Crippen LogP contribution in [0.3, 0.4) is 0 Å². The lowest BCUT2D eigenvalue weighted by Gasteiger charge is -2.10. The number of nitrogen functional groups attached to an aromatic ring is 1. The van der Waals surface area contributed by atoms with Gasteiger partial charge in [-0.25, -0.2) is 9.18 Å². The number of H-pyrrole nitrogens is 1. The van der Waals surface area contributed by atoms with Crippen molar-refractivity contribution in [2.45, 2.75) is 6.54 Å². The lowest BCUT2D eigenvalue weighted by Crippen LogP contribution is -2.19. The van der Waals surface area contributed by atoms with Crippen molar-refractivity contribution in [3.05, 3.63) is 72.0 Å². The molecule has 0 unspecified atom stereocenters. The number of rotatable bonds is 4. The summed E-state index contributed by atoms with van der Waals surface area (Å²) in [5, 5.41) is 13.2. The normalized spacial score (nSPS) is 10.8. The van der Waals surface area contributed by atoms with Gasteiger partial charge in [0.2, 0.25) is 0 Å². The number of benzene rings is 3. The van der Waals surface area contributed by atoms with Crippen LogP contribution in [0.5, 0.6) is 0 Å². The Bertz CT molecular complexity index is 1190. The maximum absolute atomic E-state index is 13.5. The number of fused-ring (bicyclic) bond motifs is 1. The second-order valence-corrected chi connectivity index (χ2v) is 6.50. The van der Waals surface area contributed by atoms with Gasteiger partial charge in [-0.05, 0) is 47.5 Å².